The van der Waals surface area contributed by atoms with E-state index in [1.807, 2.05) is 0 Å². The average molecular weight is 871 g/mol. The summed E-state index contributed by atoms with van der Waals surface area (Å²) >= 11 is 0. The van der Waals surface area contributed by atoms with E-state index in [9.17, 15) is 0 Å². The van der Waals surface area contributed by atoms with Crippen LogP contribution in [0.2, 0.25) is 0 Å². The van der Waals surface area contributed by atoms with Gasteiger partial charge in [-0.15, -0.1) is 0 Å². The summed E-state index contributed by atoms with van der Waals surface area (Å²) in [5.41, 5.74) is 31.3. The van der Waals surface area contributed by atoms with E-state index >= 15 is 0 Å². The lowest BCUT2D eigenvalue weighted by Crippen LogP contribution is -1.89. The molecule has 3 aliphatic rings. The number of rotatable bonds is 6. The second-order valence-corrected chi connectivity index (χ2v) is 19.0. The predicted molar refractivity (Wildman–Crippen MR) is 291 cm³/mol. The Kier molecular flexibility index (Phi) is 8.23. The van der Waals surface area contributed by atoms with Crippen LogP contribution in [0.3, 0.4) is 0 Å². The fourth-order valence-electron chi connectivity index (χ4n) is 12.5. The number of benzene rings is 12. The predicted octanol–water partition coefficient (Wildman–Crippen LogP) is 18.9. The molecule has 0 saturated heterocycles. The van der Waals surface area contributed by atoms with Gasteiger partial charge in [-0.05, 0) is 161 Å². The lowest BCUT2D eigenvalue weighted by atomic mass is 9.88. The summed E-state index contributed by atoms with van der Waals surface area (Å²) in [6.07, 6.45) is 0.910. The number of hydrogen-bond acceptors (Lipinski definition) is 0. The molecule has 318 valence electrons. The van der Waals surface area contributed by atoms with Crippen LogP contribution in [0.15, 0.2) is 243 Å². The van der Waals surface area contributed by atoms with E-state index in [2.05, 4.69) is 243 Å². The Morgan fingerprint density at radius 3 is 0.826 bits per heavy atom. The van der Waals surface area contributed by atoms with Gasteiger partial charge in [0, 0.05) is 0 Å². The third-order valence-corrected chi connectivity index (χ3v) is 15.4. The molecular weight excluding hydrogens is 829 g/mol. The lowest BCUT2D eigenvalue weighted by molar-refractivity contribution is 1.26. The first-order chi connectivity index (χ1) is 34.2. The van der Waals surface area contributed by atoms with Crippen molar-refractivity contribution in [3.05, 3.63) is 254 Å². The van der Waals surface area contributed by atoms with Crippen molar-refractivity contribution in [2.75, 3.05) is 0 Å². The van der Waals surface area contributed by atoms with Crippen LogP contribution < -0.4 is 0 Å². The SMILES string of the molecule is c1ccc(-c2ccc(-c3ccccc3)c3c2-c2cccc4c(-c5ccc6c(c5)Cc5cc(-c7ccc8c9c(cccc79)-c7c(-c9ccccc9)ccc(-c9ccccc9)c7-8)ccc5-6)ccc-3c24)cc1. The molecule has 69 heavy (non-hydrogen) atoms. The minimum Gasteiger partial charge on any atom is -0.0622 e. The van der Waals surface area contributed by atoms with Crippen LogP contribution in [0.5, 0.6) is 0 Å². The molecule has 0 fully saturated rings. The van der Waals surface area contributed by atoms with Gasteiger partial charge in [-0.1, -0.05) is 243 Å². The Morgan fingerprint density at radius 1 is 0.188 bits per heavy atom. The molecule has 3 aliphatic carbocycles. The van der Waals surface area contributed by atoms with Gasteiger partial charge in [0.15, 0.2) is 0 Å². The van der Waals surface area contributed by atoms with Crippen molar-refractivity contribution in [3.63, 3.8) is 0 Å². The van der Waals surface area contributed by atoms with E-state index in [4.69, 9.17) is 0 Å². The van der Waals surface area contributed by atoms with Crippen LogP contribution in [-0.4, -0.2) is 0 Å². The van der Waals surface area contributed by atoms with Crippen LogP contribution in [-0.2, 0) is 6.42 Å². The first-order valence-corrected chi connectivity index (χ1v) is 24.2. The van der Waals surface area contributed by atoms with Gasteiger partial charge in [0.1, 0.15) is 0 Å². The molecule has 0 heterocycles. The van der Waals surface area contributed by atoms with Crippen molar-refractivity contribution in [2.45, 2.75) is 6.42 Å². The van der Waals surface area contributed by atoms with Crippen molar-refractivity contribution in [1.82, 2.24) is 0 Å². The second-order valence-electron chi connectivity index (χ2n) is 19.0. The van der Waals surface area contributed by atoms with Crippen LogP contribution >= 0.6 is 0 Å². The molecule has 0 spiro atoms. The molecule has 0 aromatic heterocycles. The highest BCUT2D eigenvalue weighted by Gasteiger charge is 2.31. The summed E-state index contributed by atoms with van der Waals surface area (Å²) in [4.78, 5) is 0. The molecule has 0 atom stereocenters. The first-order valence-electron chi connectivity index (χ1n) is 24.2. The molecule has 0 aliphatic heterocycles. The standard InChI is InChI=1S/C69H42/c1-5-15-42(16-6-1)54-33-35-56(44-19-9-3-10-20-44)68-62-37-31-50(58-23-13-25-60(64(58)62)66(54)68)46-27-29-52-48(39-46)41-49-40-47(28-30-53(49)52)51-32-38-63-65-59(51)24-14-26-61(65)67-55(43-17-7-2-8-18-43)34-36-57(69(63)67)45-21-11-4-12-22-45/h1-40H,41H2. The molecule has 0 amide bonds. The van der Waals surface area contributed by atoms with Crippen LogP contribution in [0.4, 0.5) is 0 Å². The van der Waals surface area contributed by atoms with E-state index in [1.54, 1.807) is 0 Å². The molecule has 0 saturated carbocycles. The normalized spacial score (nSPS) is 12.3. The lowest BCUT2D eigenvalue weighted by Gasteiger charge is -2.15. The Morgan fingerprint density at radius 2 is 0.478 bits per heavy atom. The molecule has 0 bridgehead atoms. The van der Waals surface area contributed by atoms with E-state index in [1.165, 1.54) is 155 Å². The van der Waals surface area contributed by atoms with Crippen LogP contribution in [0.25, 0.3) is 144 Å². The summed E-state index contributed by atoms with van der Waals surface area (Å²) in [7, 11) is 0. The number of fused-ring (bicyclic) bond motifs is 9. The van der Waals surface area contributed by atoms with Gasteiger partial charge in [0.25, 0.3) is 0 Å². The summed E-state index contributed by atoms with van der Waals surface area (Å²) in [5.74, 6) is 0. The van der Waals surface area contributed by atoms with Crippen LogP contribution in [0, 0.1) is 0 Å². The molecule has 12 aromatic rings. The van der Waals surface area contributed by atoms with Gasteiger partial charge in [0.05, 0.1) is 0 Å². The Balaban J connectivity index is 0.819. The maximum atomic E-state index is 2.47. The highest BCUT2D eigenvalue weighted by atomic mass is 14.3. The van der Waals surface area contributed by atoms with E-state index < -0.39 is 0 Å². The maximum absolute atomic E-state index is 2.47. The molecule has 0 unspecified atom stereocenters. The number of hydrogen-bond donors (Lipinski definition) is 0. The first kappa shape index (κ1) is 38.3. The monoisotopic (exact) mass is 870 g/mol. The van der Waals surface area contributed by atoms with Crippen molar-refractivity contribution in [2.24, 2.45) is 0 Å². The van der Waals surface area contributed by atoms with Crippen LogP contribution in [0.1, 0.15) is 11.1 Å². The molecule has 0 heteroatoms. The van der Waals surface area contributed by atoms with Crippen molar-refractivity contribution in [3.8, 4) is 122 Å². The molecule has 0 radical (unpaired) electrons. The van der Waals surface area contributed by atoms with E-state index in [-0.39, 0.29) is 0 Å². The van der Waals surface area contributed by atoms with Gasteiger partial charge in [0.2, 0.25) is 0 Å². The van der Waals surface area contributed by atoms with Gasteiger partial charge < -0.3 is 0 Å². The fraction of sp³-hybridized carbons (Fsp3) is 0.0145. The quantitative estimate of drug-likeness (QED) is 0.156. The van der Waals surface area contributed by atoms with Crippen molar-refractivity contribution < 1.29 is 0 Å². The Bertz CT molecular complexity index is 3690. The van der Waals surface area contributed by atoms with E-state index in [0.717, 1.165) is 6.42 Å². The second kappa shape index (κ2) is 14.8. The molecule has 12 aromatic carbocycles. The minimum absolute atomic E-state index is 0.910. The summed E-state index contributed by atoms with van der Waals surface area (Å²) < 4.78 is 0. The van der Waals surface area contributed by atoms with Crippen molar-refractivity contribution >= 4 is 21.5 Å². The van der Waals surface area contributed by atoms with Gasteiger partial charge in [-0.25, -0.2) is 0 Å². The summed E-state index contributed by atoms with van der Waals surface area (Å²) in [6.45, 7) is 0. The largest absolute Gasteiger partial charge is 0.0622 e. The summed E-state index contributed by atoms with van der Waals surface area (Å²) in [5, 5.41) is 5.30. The smallest absolute Gasteiger partial charge is 0.00130 e. The molecule has 0 nitrogen and oxygen atoms in total. The zero-order valence-corrected chi connectivity index (χ0v) is 37.8. The average Bonchev–Trinajstić information content (AvgIpc) is 4.08. The molecular formula is C69H42. The molecule has 0 N–H and O–H groups in total. The van der Waals surface area contributed by atoms with E-state index in [0.29, 0.717) is 0 Å². The summed E-state index contributed by atoms with van der Waals surface area (Å²) in [6, 6.07) is 90.7. The maximum Gasteiger partial charge on any atom is -0.00130 e. The third kappa shape index (κ3) is 5.64. The van der Waals surface area contributed by atoms with Crippen molar-refractivity contribution in [1.29, 1.82) is 0 Å². The Hall–Kier alpha value is -8.84. The fourth-order valence-corrected chi connectivity index (χ4v) is 12.5. The highest BCUT2D eigenvalue weighted by Crippen LogP contribution is 2.58. The highest BCUT2D eigenvalue weighted by molar-refractivity contribution is 6.25. The van der Waals surface area contributed by atoms with Gasteiger partial charge >= 0.3 is 0 Å². The Labute approximate surface area is 402 Å². The third-order valence-electron chi connectivity index (χ3n) is 15.4. The zero-order chi connectivity index (χ0) is 45.2. The zero-order valence-electron chi connectivity index (χ0n) is 37.8. The minimum atomic E-state index is 0.910. The van der Waals surface area contributed by atoms with Gasteiger partial charge in [-0.2, -0.15) is 0 Å². The topological polar surface area (TPSA) is 0 Å². The molecule has 15 rings (SSSR count). The van der Waals surface area contributed by atoms with Gasteiger partial charge in [-0.3, -0.25) is 0 Å².